The Bertz CT molecular complexity index is 1670. The molecule has 0 saturated heterocycles. The van der Waals surface area contributed by atoms with Gasteiger partial charge in [0.15, 0.2) is 0 Å². The fraction of sp³-hybridized carbons (Fsp3) is 0. The van der Waals surface area contributed by atoms with Gasteiger partial charge in [0, 0.05) is 27.1 Å². The number of rotatable bonds is 3. The molecule has 1 heteroatoms. The summed E-state index contributed by atoms with van der Waals surface area (Å²) in [5, 5.41) is 5.50. The van der Waals surface area contributed by atoms with Gasteiger partial charge in [0.25, 0.3) is 0 Å². The second-order valence-corrected chi connectivity index (χ2v) is 10.6. The van der Waals surface area contributed by atoms with E-state index in [1.165, 1.54) is 37.8 Å². The number of hydrogen-bond acceptors (Lipinski definition) is 0. The van der Waals surface area contributed by atoms with Crippen molar-refractivity contribution >= 4 is 18.0 Å². The average molecular weight is 463 g/mol. The molecule has 0 amide bonds. The van der Waals surface area contributed by atoms with E-state index in [0.29, 0.717) is 0 Å². The van der Waals surface area contributed by atoms with Crippen LogP contribution in [0.4, 0.5) is 0 Å². The van der Waals surface area contributed by atoms with E-state index in [-0.39, 0.29) is 0 Å². The van der Waals surface area contributed by atoms with Crippen molar-refractivity contribution in [3.63, 3.8) is 0 Å². The van der Waals surface area contributed by atoms with Crippen LogP contribution >= 0.6 is 7.53 Å². The molecule has 1 heterocycles. The molecule has 1 aromatic heterocycles. The van der Waals surface area contributed by atoms with Crippen LogP contribution in [-0.4, -0.2) is 0 Å². The fourth-order valence-corrected chi connectivity index (χ4v) is 7.48. The van der Waals surface area contributed by atoms with Crippen LogP contribution in [0.5, 0.6) is 0 Å². The molecule has 0 N–H and O–H groups in total. The molecule has 0 nitrogen and oxygen atoms in total. The van der Waals surface area contributed by atoms with Gasteiger partial charge < -0.3 is 0 Å². The van der Waals surface area contributed by atoms with Crippen molar-refractivity contribution < 1.29 is 0 Å². The van der Waals surface area contributed by atoms with Crippen molar-refractivity contribution in [2.24, 2.45) is 0 Å². The molecule has 0 fully saturated rings. The molecule has 5 aromatic carbocycles. The van der Waals surface area contributed by atoms with E-state index < -0.39 is 7.53 Å². The Labute approximate surface area is 207 Å². The Morgan fingerprint density at radius 2 is 1.09 bits per heavy atom. The summed E-state index contributed by atoms with van der Waals surface area (Å²) in [5.41, 5.74) is 5.86. The molecule has 6 aromatic rings. The maximum absolute atomic E-state index is 3.49. The second kappa shape index (κ2) is 9.52. The molecule has 6 rings (SSSR count). The van der Waals surface area contributed by atoms with Crippen LogP contribution in [0.3, 0.4) is 0 Å². The lowest BCUT2D eigenvalue weighted by Crippen LogP contribution is -1.86. The topological polar surface area (TPSA) is 0 Å². The highest BCUT2D eigenvalue weighted by Gasteiger charge is 2.22. The van der Waals surface area contributed by atoms with Crippen LogP contribution in [0.25, 0.3) is 37.8 Å². The molecule has 0 aliphatic rings. The summed E-state index contributed by atoms with van der Waals surface area (Å²) in [6.07, 6.45) is 0. The zero-order chi connectivity index (χ0) is 23.5. The fourth-order valence-electron chi connectivity index (χ4n) is 4.70. The van der Waals surface area contributed by atoms with Crippen molar-refractivity contribution in [1.29, 1.82) is 0 Å². The third kappa shape index (κ3) is 4.08. The standard InChI is InChI=1S/C34H23P/c1-4-14-26(15-5-1)24-25-27-16-10-11-21-30(27)33-31-22-12-13-23-32(31)35(29-19-8-3-9-20-29)34(33)28-17-6-2-7-18-28/h1-23H. The SMILES string of the molecule is C(#Cc1ccccc1-c1c(-c2ccccc2)p(-c2ccccc2)c2ccccc12)c1ccccc1. The van der Waals surface area contributed by atoms with E-state index in [2.05, 4.69) is 133 Å². The maximum Gasteiger partial charge on any atom is 0.0328 e. The van der Waals surface area contributed by atoms with Gasteiger partial charge in [0.1, 0.15) is 0 Å². The van der Waals surface area contributed by atoms with Gasteiger partial charge in [-0.2, -0.15) is 0 Å². The largest absolute Gasteiger partial charge is 0.0766 e. The smallest absolute Gasteiger partial charge is 0.0328 e. The minimum absolute atomic E-state index is 0.693. The molecule has 0 radical (unpaired) electrons. The van der Waals surface area contributed by atoms with Crippen molar-refractivity contribution in [1.82, 2.24) is 0 Å². The molecule has 35 heavy (non-hydrogen) atoms. The average Bonchev–Trinajstić information content (AvgIpc) is 3.29. The molecule has 0 bridgehead atoms. The minimum Gasteiger partial charge on any atom is -0.0766 e. The van der Waals surface area contributed by atoms with Crippen molar-refractivity contribution in [2.75, 3.05) is 0 Å². The van der Waals surface area contributed by atoms with E-state index in [0.717, 1.165) is 11.1 Å². The zero-order valence-electron chi connectivity index (χ0n) is 19.2. The van der Waals surface area contributed by atoms with Gasteiger partial charge in [-0.15, -0.1) is 0 Å². The number of fused-ring (bicyclic) bond motifs is 1. The Hall–Kier alpha value is -4.30. The Morgan fingerprint density at radius 1 is 0.486 bits per heavy atom. The van der Waals surface area contributed by atoms with Gasteiger partial charge >= 0.3 is 0 Å². The molecule has 0 spiro atoms. The van der Waals surface area contributed by atoms with E-state index in [1.807, 2.05) is 18.2 Å². The van der Waals surface area contributed by atoms with Crippen molar-refractivity contribution in [3.8, 4) is 39.1 Å². The Kier molecular flexibility index (Phi) is 5.78. The summed E-state index contributed by atoms with van der Waals surface area (Å²) in [7, 11) is -0.693. The first-order valence-electron chi connectivity index (χ1n) is 11.8. The van der Waals surface area contributed by atoms with Gasteiger partial charge in [0.05, 0.1) is 0 Å². The highest BCUT2D eigenvalue weighted by Crippen LogP contribution is 2.61. The van der Waals surface area contributed by atoms with Crippen molar-refractivity contribution in [3.05, 3.63) is 151 Å². The maximum atomic E-state index is 3.49. The summed E-state index contributed by atoms with van der Waals surface area (Å²) in [4.78, 5) is 0. The van der Waals surface area contributed by atoms with Crippen LogP contribution in [0.2, 0.25) is 0 Å². The summed E-state index contributed by atoms with van der Waals surface area (Å²) in [6, 6.07) is 49.5. The summed E-state index contributed by atoms with van der Waals surface area (Å²) < 4.78 is 0. The van der Waals surface area contributed by atoms with Crippen LogP contribution < -0.4 is 0 Å². The summed E-state index contributed by atoms with van der Waals surface area (Å²) in [5.74, 6) is 6.87. The number of hydrogen-bond donors (Lipinski definition) is 0. The molecule has 1 unspecified atom stereocenters. The normalized spacial score (nSPS) is 11.1. The van der Waals surface area contributed by atoms with E-state index in [9.17, 15) is 0 Å². The van der Waals surface area contributed by atoms with Gasteiger partial charge in [-0.25, -0.2) is 0 Å². The van der Waals surface area contributed by atoms with Crippen LogP contribution in [0.15, 0.2) is 140 Å². The first-order chi connectivity index (χ1) is 17.4. The van der Waals surface area contributed by atoms with Crippen LogP contribution in [0, 0.1) is 11.8 Å². The first-order valence-corrected chi connectivity index (χ1v) is 13.1. The Balaban J connectivity index is 1.69. The summed E-state index contributed by atoms with van der Waals surface area (Å²) in [6.45, 7) is 0. The Morgan fingerprint density at radius 3 is 1.86 bits per heavy atom. The van der Waals surface area contributed by atoms with Gasteiger partial charge in [0.2, 0.25) is 0 Å². The first kappa shape index (κ1) is 21.2. The number of benzene rings is 5. The lowest BCUT2D eigenvalue weighted by atomic mass is 9.95. The lowest BCUT2D eigenvalue weighted by molar-refractivity contribution is 1.61. The van der Waals surface area contributed by atoms with Crippen molar-refractivity contribution in [2.45, 2.75) is 0 Å². The van der Waals surface area contributed by atoms with Gasteiger partial charge in [-0.05, 0) is 40.0 Å². The molecule has 1 atom stereocenters. The highest BCUT2D eigenvalue weighted by molar-refractivity contribution is 7.65. The van der Waals surface area contributed by atoms with E-state index in [4.69, 9.17) is 0 Å². The van der Waals surface area contributed by atoms with Gasteiger partial charge in [-0.1, -0.05) is 141 Å². The minimum atomic E-state index is -0.693. The molecule has 0 saturated carbocycles. The molecular weight excluding hydrogens is 439 g/mol. The lowest BCUT2D eigenvalue weighted by Gasteiger charge is -2.12. The quantitative estimate of drug-likeness (QED) is 0.230. The molecule has 0 aliphatic heterocycles. The van der Waals surface area contributed by atoms with Crippen LogP contribution in [0.1, 0.15) is 11.1 Å². The highest BCUT2D eigenvalue weighted by atomic mass is 31.1. The third-order valence-electron chi connectivity index (χ3n) is 6.25. The van der Waals surface area contributed by atoms with Crippen LogP contribution in [-0.2, 0) is 0 Å². The zero-order valence-corrected chi connectivity index (χ0v) is 20.1. The third-order valence-corrected chi connectivity index (χ3v) is 8.86. The van der Waals surface area contributed by atoms with Gasteiger partial charge in [-0.3, -0.25) is 0 Å². The summed E-state index contributed by atoms with van der Waals surface area (Å²) >= 11 is 0. The molecular formula is C34H23P. The molecule has 0 aliphatic carbocycles. The predicted octanol–water partition coefficient (Wildman–Crippen LogP) is 9.55. The second-order valence-electron chi connectivity index (χ2n) is 8.44. The monoisotopic (exact) mass is 462 g/mol. The van der Waals surface area contributed by atoms with E-state index >= 15 is 0 Å². The molecule has 164 valence electrons. The predicted molar refractivity (Wildman–Crippen MR) is 151 cm³/mol. The van der Waals surface area contributed by atoms with E-state index in [1.54, 1.807) is 0 Å².